The Morgan fingerprint density at radius 2 is 1.73 bits per heavy atom. The van der Waals surface area contributed by atoms with E-state index in [9.17, 15) is 19.2 Å². The molecule has 0 unspecified atom stereocenters. The molecule has 2 saturated heterocycles. The summed E-state index contributed by atoms with van der Waals surface area (Å²) in [6.45, 7) is 4.52. The molecule has 1 aliphatic carbocycles. The minimum atomic E-state index is -0.717. The highest BCUT2D eigenvalue weighted by Crippen LogP contribution is 2.37. The first-order valence-corrected chi connectivity index (χ1v) is 11.9. The molecule has 2 heterocycles. The molecule has 3 atom stereocenters. The standard InChI is InChI=1S/C25H34N4O4/c1-15(2)13-19(26-23(31)16-7-9-18(10-8-16)27(3)4)25(33)28-12-11-20-22(28)21(30)14-29(20)24(32)17-5-6-17/h7-10,15,17,19-20,22H,5-6,11-14H2,1-4H3,(H,26,31)/t19-,20+,22-/m0/s1. The molecule has 33 heavy (non-hydrogen) atoms. The van der Waals surface area contributed by atoms with Crippen molar-refractivity contribution in [3.63, 3.8) is 0 Å². The fraction of sp³-hybridized carbons (Fsp3) is 0.600. The van der Waals surface area contributed by atoms with Gasteiger partial charge in [-0.1, -0.05) is 13.8 Å². The first-order chi connectivity index (χ1) is 15.7. The maximum atomic E-state index is 13.6. The van der Waals surface area contributed by atoms with Gasteiger partial charge in [0.2, 0.25) is 11.8 Å². The molecule has 2 aliphatic heterocycles. The first-order valence-electron chi connectivity index (χ1n) is 11.9. The maximum absolute atomic E-state index is 13.6. The van der Waals surface area contributed by atoms with Crippen molar-refractivity contribution in [1.29, 1.82) is 0 Å². The minimum Gasteiger partial charge on any atom is -0.378 e. The number of hydrogen-bond acceptors (Lipinski definition) is 5. The van der Waals surface area contributed by atoms with Crippen LogP contribution in [-0.2, 0) is 14.4 Å². The molecule has 0 bridgehead atoms. The zero-order valence-corrected chi connectivity index (χ0v) is 19.9. The molecule has 4 rings (SSSR count). The van der Waals surface area contributed by atoms with Gasteiger partial charge in [-0.25, -0.2) is 0 Å². The second-order valence-electron chi connectivity index (χ2n) is 10.1. The number of carbonyl (C=O) groups excluding carboxylic acids is 4. The second-order valence-corrected chi connectivity index (χ2v) is 10.1. The van der Waals surface area contributed by atoms with E-state index in [1.807, 2.05) is 45.0 Å². The molecule has 1 N–H and O–H groups in total. The Kier molecular flexibility index (Phi) is 6.45. The number of carbonyl (C=O) groups is 4. The summed E-state index contributed by atoms with van der Waals surface area (Å²) in [7, 11) is 3.86. The number of anilines is 1. The van der Waals surface area contributed by atoms with Crippen molar-refractivity contribution in [2.45, 2.75) is 57.7 Å². The Bertz CT molecular complexity index is 938. The number of ketones is 1. The highest BCUT2D eigenvalue weighted by atomic mass is 16.2. The molecule has 3 fully saturated rings. The molecule has 1 aromatic rings. The monoisotopic (exact) mass is 454 g/mol. The van der Waals surface area contributed by atoms with Crippen LogP contribution in [0.25, 0.3) is 0 Å². The van der Waals surface area contributed by atoms with E-state index in [4.69, 9.17) is 0 Å². The fourth-order valence-electron chi connectivity index (χ4n) is 4.97. The quantitative estimate of drug-likeness (QED) is 0.677. The third-order valence-corrected chi connectivity index (χ3v) is 6.87. The lowest BCUT2D eigenvalue weighted by molar-refractivity contribution is -0.138. The summed E-state index contributed by atoms with van der Waals surface area (Å²) in [4.78, 5) is 57.2. The molecule has 3 aliphatic rings. The van der Waals surface area contributed by atoms with Crippen LogP contribution in [0.5, 0.6) is 0 Å². The molecule has 3 amide bonds. The van der Waals surface area contributed by atoms with Crippen molar-refractivity contribution >= 4 is 29.2 Å². The number of Topliss-reactive ketones (excluding diaryl/α,β-unsaturated/α-hetero) is 1. The van der Waals surface area contributed by atoms with Crippen LogP contribution in [0, 0.1) is 11.8 Å². The van der Waals surface area contributed by atoms with E-state index in [0.29, 0.717) is 24.9 Å². The predicted octanol–water partition coefficient (Wildman–Crippen LogP) is 1.69. The summed E-state index contributed by atoms with van der Waals surface area (Å²) >= 11 is 0. The summed E-state index contributed by atoms with van der Waals surface area (Å²) in [6.07, 6.45) is 2.87. The molecule has 0 radical (unpaired) electrons. The molecular weight excluding hydrogens is 420 g/mol. The fourth-order valence-corrected chi connectivity index (χ4v) is 4.97. The van der Waals surface area contributed by atoms with Gasteiger partial charge in [-0.05, 0) is 55.9 Å². The maximum Gasteiger partial charge on any atom is 0.251 e. The van der Waals surface area contributed by atoms with Gasteiger partial charge in [0.15, 0.2) is 5.78 Å². The van der Waals surface area contributed by atoms with E-state index in [1.165, 1.54) is 0 Å². The number of likely N-dealkylation sites (tertiary alicyclic amines) is 2. The molecule has 1 saturated carbocycles. The molecular formula is C25H34N4O4. The zero-order valence-electron chi connectivity index (χ0n) is 19.9. The summed E-state index contributed by atoms with van der Waals surface area (Å²) in [5, 5.41) is 2.91. The number of rotatable bonds is 7. The highest BCUT2D eigenvalue weighted by Gasteiger charge is 2.53. The Hall–Kier alpha value is -2.90. The van der Waals surface area contributed by atoms with Gasteiger partial charge in [-0.2, -0.15) is 0 Å². The number of nitrogens with one attached hydrogen (secondary N) is 1. The Morgan fingerprint density at radius 1 is 1.06 bits per heavy atom. The lowest BCUT2D eigenvalue weighted by Crippen LogP contribution is -2.53. The van der Waals surface area contributed by atoms with E-state index >= 15 is 0 Å². The van der Waals surface area contributed by atoms with Gasteiger partial charge in [0.05, 0.1) is 12.6 Å². The van der Waals surface area contributed by atoms with Gasteiger partial charge in [0.1, 0.15) is 12.1 Å². The smallest absolute Gasteiger partial charge is 0.251 e. The van der Waals surface area contributed by atoms with Crippen molar-refractivity contribution in [1.82, 2.24) is 15.1 Å². The summed E-state index contributed by atoms with van der Waals surface area (Å²) < 4.78 is 0. The van der Waals surface area contributed by atoms with E-state index in [1.54, 1.807) is 21.9 Å². The lowest BCUT2D eigenvalue weighted by atomic mass is 10.0. The number of nitrogens with zero attached hydrogens (tertiary/aromatic N) is 3. The molecule has 1 aromatic carbocycles. The number of benzene rings is 1. The van der Waals surface area contributed by atoms with Crippen LogP contribution in [0.1, 0.15) is 49.9 Å². The van der Waals surface area contributed by atoms with Crippen LogP contribution in [0.4, 0.5) is 5.69 Å². The van der Waals surface area contributed by atoms with E-state index in [-0.39, 0.29) is 47.9 Å². The number of amides is 3. The molecule has 0 spiro atoms. The minimum absolute atomic E-state index is 0.0492. The van der Waals surface area contributed by atoms with E-state index in [2.05, 4.69) is 5.32 Å². The second kappa shape index (κ2) is 9.15. The van der Waals surface area contributed by atoms with Gasteiger partial charge in [-0.15, -0.1) is 0 Å². The third-order valence-electron chi connectivity index (χ3n) is 6.87. The van der Waals surface area contributed by atoms with E-state index < -0.39 is 12.1 Å². The summed E-state index contributed by atoms with van der Waals surface area (Å²) in [5.74, 6) is -0.330. The van der Waals surface area contributed by atoms with Gasteiger partial charge in [0, 0.05) is 37.8 Å². The topological polar surface area (TPSA) is 90.0 Å². The zero-order chi connectivity index (χ0) is 23.9. The number of fused-ring (bicyclic) bond motifs is 1. The van der Waals surface area contributed by atoms with Crippen LogP contribution in [0.15, 0.2) is 24.3 Å². The third kappa shape index (κ3) is 4.75. The van der Waals surface area contributed by atoms with E-state index in [0.717, 1.165) is 18.5 Å². The van der Waals surface area contributed by atoms with Crippen molar-refractivity contribution in [2.75, 3.05) is 32.1 Å². The summed E-state index contributed by atoms with van der Waals surface area (Å²) in [5.41, 5.74) is 1.47. The Labute approximate surface area is 195 Å². The van der Waals surface area contributed by atoms with Crippen molar-refractivity contribution in [3.05, 3.63) is 29.8 Å². The van der Waals surface area contributed by atoms with Crippen molar-refractivity contribution < 1.29 is 19.2 Å². The van der Waals surface area contributed by atoms with Crippen LogP contribution in [0.2, 0.25) is 0 Å². The van der Waals surface area contributed by atoms with Crippen LogP contribution < -0.4 is 10.2 Å². The first kappa shape index (κ1) is 23.3. The van der Waals surface area contributed by atoms with Crippen LogP contribution in [0.3, 0.4) is 0 Å². The average Bonchev–Trinajstić information content (AvgIpc) is 3.45. The van der Waals surface area contributed by atoms with Gasteiger partial charge in [0.25, 0.3) is 5.91 Å². The van der Waals surface area contributed by atoms with Crippen LogP contribution in [-0.4, -0.2) is 78.6 Å². The molecule has 0 aromatic heterocycles. The van der Waals surface area contributed by atoms with Gasteiger partial charge >= 0.3 is 0 Å². The highest BCUT2D eigenvalue weighted by molar-refractivity contribution is 6.01. The van der Waals surface area contributed by atoms with Gasteiger partial charge in [-0.3, -0.25) is 19.2 Å². The number of hydrogen-bond donors (Lipinski definition) is 1. The Balaban J connectivity index is 1.48. The normalized spacial score (nSPS) is 23.0. The largest absolute Gasteiger partial charge is 0.378 e. The SMILES string of the molecule is CC(C)C[C@H](NC(=O)c1ccc(N(C)C)cc1)C(=O)N1CC[C@@H]2[C@H]1C(=O)CN2C(=O)C1CC1. The average molecular weight is 455 g/mol. The van der Waals surface area contributed by atoms with Gasteiger partial charge < -0.3 is 20.0 Å². The summed E-state index contributed by atoms with van der Waals surface area (Å²) in [6, 6.07) is 5.68. The van der Waals surface area contributed by atoms with Crippen molar-refractivity contribution in [3.8, 4) is 0 Å². The van der Waals surface area contributed by atoms with Crippen LogP contribution >= 0.6 is 0 Å². The molecule has 178 valence electrons. The Morgan fingerprint density at radius 3 is 2.30 bits per heavy atom. The molecule has 8 heteroatoms. The lowest BCUT2D eigenvalue weighted by Gasteiger charge is -2.29. The molecule has 8 nitrogen and oxygen atoms in total. The van der Waals surface area contributed by atoms with Crippen molar-refractivity contribution in [2.24, 2.45) is 11.8 Å². The predicted molar refractivity (Wildman–Crippen MR) is 125 cm³/mol.